The van der Waals surface area contributed by atoms with Gasteiger partial charge in [-0.1, -0.05) is 12.1 Å². The maximum absolute atomic E-state index is 12.7. The first-order chi connectivity index (χ1) is 16.4. The predicted octanol–water partition coefficient (Wildman–Crippen LogP) is 2.20. The van der Waals surface area contributed by atoms with E-state index in [1.54, 1.807) is 0 Å². The van der Waals surface area contributed by atoms with E-state index in [9.17, 15) is 14.4 Å². The fourth-order valence-electron chi connectivity index (χ4n) is 5.20. The van der Waals surface area contributed by atoms with E-state index in [4.69, 9.17) is 4.74 Å². The second kappa shape index (κ2) is 9.10. The molecule has 2 N–H and O–H groups in total. The van der Waals surface area contributed by atoms with Crippen LogP contribution < -0.4 is 20.3 Å². The van der Waals surface area contributed by atoms with Gasteiger partial charge in [-0.15, -0.1) is 0 Å². The van der Waals surface area contributed by atoms with Crippen molar-refractivity contribution in [2.24, 2.45) is 0 Å². The van der Waals surface area contributed by atoms with Crippen LogP contribution in [0.15, 0.2) is 30.3 Å². The summed E-state index contributed by atoms with van der Waals surface area (Å²) in [7, 11) is 3.90. The Morgan fingerprint density at radius 3 is 2.62 bits per heavy atom. The number of benzene rings is 2. The summed E-state index contributed by atoms with van der Waals surface area (Å²) >= 11 is 0. The molecule has 5 rings (SSSR count). The van der Waals surface area contributed by atoms with Crippen molar-refractivity contribution in [2.75, 3.05) is 44.0 Å². The zero-order valence-corrected chi connectivity index (χ0v) is 19.6. The lowest BCUT2D eigenvalue weighted by molar-refractivity contribution is -0.136. The minimum atomic E-state index is -0.688. The SMILES string of the molecule is CN(C)C(CNC(=O)C(=O)Nc1cc2c3c(c1)CCC(=O)N3CCC2)c1ccc2c(c1)CCO2. The molecule has 8 heteroatoms. The van der Waals surface area contributed by atoms with E-state index in [1.165, 1.54) is 5.56 Å². The Hall–Kier alpha value is -3.39. The lowest BCUT2D eigenvalue weighted by Gasteiger charge is -2.35. The highest BCUT2D eigenvalue weighted by molar-refractivity contribution is 6.39. The number of ether oxygens (including phenoxy) is 1. The molecule has 3 aliphatic rings. The number of nitrogens with one attached hydrogen (secondary N) is 2. The number of hydrogen-bond acceptors (Lipinski definition) is 5. The lowest BCUT2D eigenvalue weighted by atomic mass is 9.91. The van der Waals surface area contributed by atoms with Gasteiger partial charge in [-0.05, 0) is 73.8 Å². The number of hydrogen-bond donors (Lipinski definition) is 2. The summed E-state index contributed by atoms with van der Waals surface area (Å²) < 4.78 is 5.59. The summed E-state index contributed by atoms with van der Waals surface area (Å²) in [4.78, 5) is 41.4. The van der Waals surface area contributed by atoms with Crippen LogP contribution in [-0.4, -0.2) is 56.4 Å². The van der Waals surface area contributed by atoms with Crippen molar-refractivity contribution < 1.29 is 19.1 Å². The van der Waals surface area contributed by atoms with Crippen LogP contribution in [0.3, 0.4) is 0 Å². The van der Waals surface area contributed by atoms with Gasteiger partial charge < -0.3 is 25.2 Å². The molecule has 0 bridgehead atoms. The van der Waals surface area contributed by atoms with Gasteiger partial charge in [-0.25, -0.2) is 0 Å². The minimum Gasteiger partial charge on any atom is -0.493 e. The maximum Gasteiger partial charge on any atom is 0.313 e. The minimum absolute atomic E-state index is 0.0700. The molecular weight excluding hydrogens is 432 g/mol. The van der Waals surface area contributed by atoms with Crippen LogP contribution in [0, 0.1) is 0 Å². The molecule has 3 aliphatic heterocycles. The predicted molar refractivity (Wildman–Crippen MR) is 129 cm³/mol. The Bertz CT molecular complexity index is 1140. The largest absolute Gasteiger partial charge is 0.493 e. The van der Waals surface area contributed by atoms with E-state index >= 15 is 0 Å². The average Bonchev–Trinajstić information content (AvgIpc) is 3.29. The van der Waals surface area contributed by atoms with Gasteiger partial charge >= 0.3 is 11.8 Å². The first-order valence-corrected chi connectivity index (χ1v) is 11.9. The highest BCUT2D eigenvalue weighted by atomic mass is 16.5. The molecule has 0 fully saturated rings. The van der Waals surface area contributed by atoms with Crippen LogP contribution >= 0.6 is 0 Å². The van der Waals surface area contributed by atoms with Crippen LogP contribution in [0.2, 0.25) is 0 Å². The van der Waals surface area contributed by atoms with Gasteiger partial charge in [0, 0.05) is 31.6 Å². The van der Waals surface area contributed by atoms with E-state index < -0.39 is 11.8 Å². The van der Waals surface area contributed by atoms with Gasteiger partial charge in [0.15, 0.2) is 0 Å². The average molecular weight is 463 g/mol. The molecule has 2 aromatic rings. The normalized spacial score (nSPS) is 17.0. The molecule has 0 spiro atoms. The van der Waals surface area contributed by atoms with Crippen molar-refractivity contribution in [1.82, 2.24) is 10.2 Å². The Morgan fingerprint density at radius 1 is 1.03 bits per heavy atom. The molecule has 3 amide bonds. The van der Waals surface area contributed by atoms with E-state index in [0.717, 1.165) is 53.9 Å². The van der Waals surface area contributed by atoms with E-state index in [1.807, 2.05) is 48.2 Å². The molecule has 1 unspecified atom stereocenters. The second-order valence-electron chi connectivity index (χ2n) is 9.40. The molecule has 1 atom stereocenters. The van der Waals surface area contributed by atoms with E-state index in [-0.39, 0.29) is 11.9 Å². The quantitative estimate of drug-likeness (QED) is 0.665. The van der Waals surface area contributed by atoms with E-state index in [2.05, 4.69) is 16.7 Å². The van der Waals surface area contributed by atoms with Crippen molar-refractivity contribution in [2.45, 2.75) is 38.1 Å². The first kappa shape index (κ1) is 22.4. The van der Waals surface area contributed by atoms with Gasteiger partial charge in [0.1, 0.15) is 5.75 Å². The highest BCUT2D eigenvalue weighted by Crippen LogP contribution is 2.38. The number of amides is 3. The number of aryl methyl sites for hydroxylation is 2. The van der Waals surface area contributed by atoms with Gasteiger partial charge in [0.25, 0.3) is 0 Å². The Morgan fingerprint density at radius 2 is 1.82 bits per heavy atom. The number of likely N-dealkylation sites (N-methyl/N-ethyl adjacent to an activating group) is 1. The number of carbonyl (C=O) groups excluding carboxylic acids is 3. The van der Waals surface area contributed by atoms with Crippen molar-refractivity contribution in [1.29, 1.82) is 0 Å². The number of fused-ring (bicyclic) bond motifs is 1. The molecule has 0 radical (unpaired) electrons. The van der Waals surface area contributed by atoms with Crippen LogP contribution in [0.5, 0.6) is 5.75 Å². The van der Waals surface area contributed by atoms with Crippen LogP contribution in [0.4, 0.5) is 11.4 Å². The summed E-state index contributed by atoms with van der Waals surface area (Å²) in [6.45, 7) is 1.75. The summed E-state index contributed by atoms with van der Waals surface area (Å²) in [6, 6.07) is 9.81. The van der Waals surface area contributed by atoms with Crippen molar-refractivity contribution in [3.63, 3.8) is 0 Å². The maximum atomic E-state index is 12.7. The van der Waals surface area contributed by atoms with E-state index in [0.29, 0.717) is 31.7 Å². The molecule has 178 valence electrons. The topological polar surface area (TPSA) is 91.0 Å². The number of nitrogens with zero attached hydrogens (tertiary/aromatic N) is 2. The van der Waals surface area contributed by atoms with Gasteiger partial charge in [-0.3, -0.25) is 14.4 Å². The van der Waals surface area contributed by atoms with Crippen LogP contribution in [-0.2, 0) is 33.6 Å². The Balaban J connectivity index is 1.25. The molecule has 34 heavy (non-hydrogen) atoms. The third kappa shape index (κ3) is 4.25. The summed E-state index contributed by atoms with van der Waals surface area (Å²) in [6.07, 6.45) is 3.77. The number of anilines is 2. The monoisotopic (exact) mass is 462 g/mol. The fraction of sp³-hybridized carbons (Fsp3) is 0.423. The zero-order chi connectivity index (χ0) is 23.8. The van der Waals surface area contributed by atoms with Crippen molar-refractivity contribution in [3.05, 3.63) is 52.6 Å². The van der Waals surface area contributed by atoms with Gasteiger partial charge in [0.2, 0.25) is 5.91 Å². The third-order valence-corrected chi connectivity index (χ3v) is 6.92. The van der Waals surface area contributed by atoms with Crippen molar-refractivity contribution in [3.8, 4) is 5.75 Å². The van der Waals surface area contributed by atoms with Crippen LogP contribution in [0.1, 0.15) is 41.1 Å². The van der Waals surface area contributed by atoms with Gasteiger partial charge in [0.05, 0.1) is 18.3 Å². The Kier molecular flexibility index (Phi) is 6.00. The highest BCUT2D eigenvalue weighted by Gasteiger charge is 2.30. The molecule has 3 heterocycles. The molecule has 0 saturated carbocycles. The number of carbonyl (C=O) groups is 3. The molecule has 2 aromatic carbocycles. The first-order valence-electron chi connectivity index (χ1n) is 11.9. The standard InChI is InChI=1S/C26H30N4O4/c1-29(2)21(16-5-7-22-17(12-16)9-11-34-22)15-27-25(32)26(33)28-20-13-18-4-3-10-30-23(31)8-6-19(14-20)24(18)30/h5,7,12-14,21H,3-4,6,8-11,15H2,1-2H3,(H,27,32)(H,28,33). The molecule has 0 aliphatic carbocycles. The summed E-state index contributed by atoms with van der Waals surface area (Å²) in [5.74, 6) is -0.275. The smallest absolute Gasteiger partial charge is 0.313 e. The van der Waals surface area contributed by atoms with Crippen LogP contribution in [0.25, 0.3) is 0 Å². The second-order valence-corrected chi connectivity index (χ2v) is 9.40. The zero-order valence-electron chi connectivity index (χ0n) is 19.6. The van der Waals surface area contributed by atoms with Gasteiger partial charge in [-0.2, -0.15) is 0 Å². The molecule has 0 aromatic heterocycles. The molecule has 8 nitrogen and oxygen atoms in total. The Labute approximate surface area is 199 Å². The summed E-state index contributed by atoms with van der Waals surface area (Å²) in [5.41, 5.74) is 5.96. The lowest BCUT2D eigenvalue weighted by Crippen LogP contribution is -2.41. The molecule has 0 saturated heterocycles. The van der Waals surface area contributed by atoms with Crippen molar-refractivity contribution >= 4 is 29.1 Å². The molecular formula is C26H30N4O4. The fourth-order valence-corrected chi connectivity index (χ4v) is 5.20. The number of rotatable bonds is 5. The third-order valence-electron chi connectivity index (χ3n) is 6.92. The summed E-state index contributed by atoms with van der Waals surface area (Å²) in [5, 5.41) is 5.55.